The van der Waals surface area contributed by atoms with Crippen LogP contribution in [0.25, 0.3) is 11.1 Å². The van der Waals surface area contributed by atoms with Crippen LogP contribution in [0, 0.1) is 0 Å². The minimum Gasteiger partial charge on any atom is -1.00 e. The quantitative estimate of drug-likeness (QED) is 0.288. The fraction of sp³-hybridized carbons (Fsp3) is 0.351. The van der Waals surface area contributed by atoms with Crippen molar-refractivity contribution in [1.82, 2.24) is 0 Å². The molecule has 0 radical (unpaired) electrons. The van der Waals surface area contributed by atoms with Crippen molar-refractivity contribution in [2.45, 2.75) is 84.0 Å². The van der Waals surface area contributed by atoms with Gasteiger partial charge in [0.15, 0.2) is 0 Å². The Morgan fingerprint density at radius 2 is 1.45 bits per heavy atom. The molecule has 0 bridgehead atoms. The van der Waals surface area contributed by atoms with Gasteiger partial charge in [-0.15, -0.1) is 0 Å². The zero-order chi connectivity index (χ0) is 26.4. The molecule has 5 rings (SSSR count). The Bertz CT molecular complexity index is 1420. The topological polar surface area (TPSA) is 0 Å². The van der Waals surface area contributed by atoms with Gasteiger partial charge in [-0.1, -0.05) is 140 Å². The van der Waals surface area contributed by atoms with E-state index in [1.165, 1.54) is 50.1 Å². The zero-order valence-corrected chi connectivity index (χ0v) is 29.0. The summed E-state index contributed by atoms with van der Waals surface area (Å²) in [6, 6.07) is 23.3. The van der Waals surface area contributed by atoms with Crippen molar-refractivity contribution in [1.29, 1.82) is 0 Å². The Kier molecular flexibility index (Phi) is 11.3. The molecule has 0 saturated heterocycles. The van der Waals surface area contributed by atoms with E-state index < -0.39 is 0 Å². The summed E-state index contributed by atoms with van der Waals surface area (Å²) in [5.41, 5.74) is 12.8. The van der Waals surface area contributed by atoms with Gasteiger partial charge in [-0.2, -0.15) is 0 Å². The third-order valence-electron chi connectivity index (χ3n) is 8.25. The first-order valence-corrected chi connectivity index (χ1v) is 14.0. The van der Waals surface area contributed by atoms with E-state index in [0.717, 1.165) is 19.3 Å². The summed E-state index contributed by atoms with van der Waals surface area (Å²) in [6.45, 7) is 16.3. The number of benzene rings is 3. The Labute approximate surface area is 274 Å². The molecule has 208 valence electrons. The molecule has 0 saturated carbocycles. The van der Waals surface area contributed by atoms with E-state index in [0.29, 0.717) is 0 Å². The van der Waals surface area contributed by atoms with E-state index in [9.17, 15) is 0 Å². The van der Waals surface area contributed by atoms with Crippen LogP contribution in [0.2, 0.25) is 0 Å². The molecule has 2 aliphatic carbocycles. The van der Waals surface area contributed by atoms with Crippen LogP contribution < -0.4 is 24.8 Å². The van der Waals surface area contributed by atoms with Gasteiger partial charge in [-0.05, 0) is 80.2 Å². The third-order valence-corrected chi connectivity index (χ3v) is 8.25. The van der Waals surface area contributed by atoms with E-state index >= 15 is 0 Å². The van der Waals surface area contributed by atoms with Crippen molar-refractivity contribution in [3.63, 3.8) is 0 Å². The summed E-state index contributed by atoms with van der Waals surface area (Å²) in [6.07, 6.45) is 14.8. The summed E-state index contributed by atoms with van der Waals surface area (Å²) in [4.78, 5) is 0. The first-order chi connectivity index (χ1) is 17.6. The van der Waals surface area contributed by atoms with Crippen LogP contribution in [0.3, 0.4) is 0 Å². The van der Waals surface area contributed by atoms with Crippen molar-refractivity contribution in [2.75, 3.05) is 0 Å². The van der Waals surface area contributed by atoms with Gasteiger partial charge in [0.25, 0.3) is 0 Å². The smallest absolute Gasteiger partial charge is 1.00 e. The Morgan fingerprint density at radius 3 is 2.02 bits per heavy atom. The van der Waals surface area contributed by atoms with Crippen molar-refractivity contribution < 1.29 is 51.0 Å². The number of halogens is 2. The molecule has 0 heterocycles. The molecule has 3 aromatic rings. The Morgan fingerprint density at radius 1 is 0.775 bits per heavy atom. The molecule has 0 amide bonds. The van der Waals surface area contributed by atoms with Crippen molar-refractivity contribution in [3.8, 4) is 11.1 Å². The number of hydrogen-bond acceptors (Lipinski definition) is 0. The molecule has 0 N–H and O–H groups in total. The molecule has 0 fully saturated rings. The fourth-order valence-corrected chi connectivity index (χ4v) is 6.33. The average molecular weight is 649 g/mol. The number of hydrogen-bond donors (Lipinski definition) is 0. The van der Waals surface area contributed by atoms with Crippen LogP contribution in [0.1, 0.15) is 94.7 Å². The van der Waals surface area contributed by atoms with Crippen LogP contribution in [0.5, 0.6) is 0 Å². The summed E-state index contributed by atoms with van der Waals surface area (Å²) in [5.74, 6) is 0. The fourth-order valence-electron chi connectivity index (χ4n) is 6.33. The van der Waals surface area contributed by atoms with Gasteiger partial charge in [-0.3, -0.25) is 0 Å². The third kappa shape index (κ3) is 6.09. The van der Waals surface area contributed by atoms with E-state index in [2.05, 4.69) is 140 Å². The Hall–Kier alpha value is -1.66. The van der Waals surface area contributed by atoms with Gasteiger partial charge >= 0.3 is 26.2 Å². The number of fused-ring (bicyclic) bond motifs is 3. The van der Waals surface area contributed by atoms with Crippen LogP contribution >= 0.6 is 0 Å². The molecular formula is C37H42Cl2Zr. The molecule has 1 unspecified atom stereocenters. The van der Waals surface area contributed by atoms with Crippen LogP contribution in [0.4, 0.5) is 0 Å². The predicted molar refractivity (Wildman–Crippen MR) is 161 cm³/mol. The summed E-state index contributed by atoms with van der Waals surface area (Å²) in [7, 11) is 0. The first-order valence-electron chi connectivity index (χ1n) is 14.0. The maximum Gasteiger partial charge on any atom is 2.00 e. The minimum absolute atomic E-state index is 0. The van der Waals surface area contributed by atoms with Gasteiger partial charge < -0.3 is 24.8 Å². The molecule has 1 atom stereocenters. The predicted octanol–water partition coefficient (Wildman–Crippen LogP) is 4.00. The molecule has 0 nitrogen and oxygen atoms in total. The van der Waals surface area contributed by atoms with E-state index in [4.69, 9.17) is 0 Å². The maximum absolute atomic E-state index is 2.52. The molecule has 2 aliphatic rings. The van der Waals surface area contributed by atoms with Gasteiger partial charge in [0.2, 0.25) is 0 Å². The van der Waals surface area contributed by atoms with Gasteiger partial charge in [0.05, 0.1) is 5.41 Å². The second-order valence-electron chi connectivity index (χ2n) is 12.9. The summed E-state index contributed by atoms with van der Waals surface area (Å²) in [5, 5.41) is 0. The van der Waals surface area contributed by atoms with Crippen molar-refractivity contribution in [3.05, 3.63) is 130 Å². The second kappa shape index (κ2) is 13.1. The second-order valence-corrected chi connectivity index (χ2v) is 12.9. The maximum atomic E-state index is 2.52. The van der Waals surface area contributed by atoms with Crippen LogP contribution in [-0.4, -0.2) is 0 Å². The molecule has 40 heavy (non-hydrogen) atoms. The van der Waals surface area contributed by atoms with E-state index in [1.807, 2.05) is 0 Å². The molecule has 0 aromatic heterocycles. The summed E-state index contributed by atoms with van der Waals surface area (Å²) >= 11 is 0. The van der Waals surface area contributed by atoms with Gasteiger partial charge in [0.1, 0.15) is 0 Å². The van der Waals surface area contributed by atoms with Gasteiger partial charge in [-0.25, -0.2) is 0 Å². The standard InChI is InChI=1S/C37H42.2ClH.Zr/c1-8-9-23-37(28-17-13-14-18-28,27-15-11-10-12-16-27)34-32-25-26-24-29(35(2,3)4)19-20-30(26)31(32)21-22-33(34)36(5,6)7;;;/h9-17,19-24H,8,18,25H2,1-7H3;2*1H;/q;;;+2/p-2. The normalized spacial score (nSPS) is 15.3. The molecular weight excluding hydrogens is 607 g/mol. The van der Waals surface area contributed by atoms with E-state index in [1.54, 1.807) is 0 Å². The van der Waals surface area contributed by atoms with Gasteiger partial charge in [0, 0.05) is 0 Å². The molecule has 3 heteroatoms. The number of rotatable bonds is 5. The number of allylic oxidation sites excluding steroid dienone is 6. The first kappa shape index (κ1) is 34.5. The summed E-state index contributed by atoms with van der Waals surface area (Å²) < 4.78 is 0. The SMILES string of the molecule is CCC=CC(C1=CC=CC1)(c1ccccc1)c1c(C(C)(C)C)ccc2c1Cc1cc(C(C)(C)C)ccc1-2.[Cl-].[Cl-].[Zr+2]. The monoisotopic (exact) mass is 646 g/mol. The van der Waals surface area contributed by atoms with Crippen LogP contribution in [0.15, 0.2) is 96.6 Å². The molecule has 3 aromatic carbocycles. The largest absolute Gasteiger partial charge is 2.00 e. The molecule has 0 aliphatic heterocycles. The minimum atomic E-state index is -0.302. The Balaban J connectivity index is 0.00000187. The van der Waals surface area contributed by atoms with Crippen LogP contribution in [-0.2, 0) is 48.9 Å². The van der Waals surface area contributed by atoms with Crippen molar-refractivity contribution >= 4 is 0 Å². The average Bonchev–Trinajstić information content (AvgIpc) is 3.52. The van der Waals surface area contributed by atoms with E-state index in [-0.39, 0.29) is 67.3 Å². The molecule has 0 spiro atoms. The van der Waals surface area contributed by atoms with Crippen molar-refractivity contribution in [2.24, 2.45) is 0 Å². The zero-order valence-electron chi connectivity index (χ0n) is 25.0.